The molecular weight excluding hydrogens is 187 g/mol. The van der Waals surface area contributed by atoms with Crippen LogP contribution in [0.4, 0.5) is 5.69 Å². The number of fused-ring (bicyclic) bond motifs is 1. The summed E-state index contributed by atoms with van der Waals surface area (Å²) in [5.41, 5.74) is 9.14. The van der Waals surface area contributed by atoms with Crippen LogP contribution in [0.5, 0.6) is 0 Å². The van der Waals surface area contributed by atoms with Crippen LogP contribution in [-0.2, 0) is 4.65 Å². The summed E-state index contributed by atoms with van der Waals surface area (Å²) in [7, 11) is 0. The average molecular weight is 204 g/mol. The van der Waals surface area contributed by atoms with E-state index in [1.807, 2.05) is 0 Å². The Morgan fingerprint density at radius 3 is 3.00 bits per heavy atom. The van der Waals surface area contributed by atoms with Crippen molar-refractivity contribution in [3.63, 3.8) is 0 Å². The van der Waals surface area contributed by atoms with Crippen LogP contribution in [0.2, 0.25) is 6.82 Å². The van der Waals surface area contributed by atoms with Gasteiger partial charge in [0.1, 0.15) is 0 Å². The van der Waals surface area contributed by atoms with Crippen LogP contribution in [0.25, 0.3) is 0 Å². The van der Waals surface area contributed by atoms with Gasteiger partial charge in [-0.05, 0) is 29.6 Å². The second-order valence-electron chi connectivity index (χ2n) is 3.90. The van der Waals surface area contributed by atoms with Crippen LogP contribution in [0.15, 0.2) is 18.2 Å². The van der Waals surface area contributed by atoms with Gasteiger partial charge < -0.3 is 15.7 Å². The van der Waals surface area contributed by atoms with Crippen molar-refractivity contribution < 1.29 is 4.65 Å². The first-order valence-electron chi connectivity index (χ1n) is 5.49. The normalized spacial score (nSPS) is 19.1. The number of hydrogen-bond donors (Lipinski definition) is 2. The lowest BCUT2D eigenvalue weighted by atomic mass is 9.64. The molecule has 0 aliphatic carbocycles. The Hall–Kier alpha value is -0.995. The molecule has 1 aromatic carbocycles. The van der Waals surface area contributed by atoms with E-state index in [1.165, 1.54) is 11.0 Å². The zero-order valence-corrected chi connectivity index (χ0v) is 9.29. The van der Waals surface area contributed by atoms with Crippen molar-refractivity contribution in [2.24, 2.45) is 5.73 Å². The molecule has 0 saturated carbocycles. The lowest BCUT2D eigenvalue weighted by Crippen LogP contribution is -2.25. The van der Waals surface area contributed by atoms with E-state index in [1.54, 1.807) is 0 Å². The zero-order valence-electron chi connectivity index (χ0n) is 9.29. The first-order valence-corrected chi connectivity index (χ1v) is 5.49. The molecule has 1 aromatic rings. The maximum absolute atomic E-state index is 5.85. The molecule has 1 aliphatic rings. The first-order chi connectivity index (χ1) is 7.26. The van der Waals surface area contributed by atoms with Crippen LogP contribution < -0.4 is 16.5 Å². The van der Waals surface area contributed by atoms with Crippen molar-refractivity contribution in [1.29, 1.82) is 0 Å². The van der Waals surface area contributed by atoms with Gasteiger partial charge >= 0.3 is 6.92 Å². The largest absolute Gasteiger partial charge is 0.424 e. The summed E-state index contributed by atoms with van der Waals surface area (Å²) in [4.78, 5) is 0. The summed E-state index contributed by atoms with van der Waals surface area (Å²) in [5, 5.41) is 3.11. The molecule has 1 aliphatic heterocycles. The van der Waals surface area contributed by atoms with Gasteiger partial charge in [-0.25, -0.2) is 0 Å². The monoisotopic (exact) mass is 204 g/mol. The predicted molar refractivity (Wildman–Crippen MR) is 64.5 cm³/mol. The smallest absolute Gasteiger partial charge is 0.324 e. The third kappa shape index (κ3) is 1.87. The summed E-state index contributed by atoms with van der Waals surface area (Å²) >= 11 is 0. The van der Waals surface area contributed by atoms with Gasteiger partial charge in [-0.3, -0.25) is 0 Å². The van der Waals surface area contributed by atoms with Gasteiger partial charge in [-0.2, -0.15) is 0 Å². The highest BCUT2D eigenvalue weighted by Crippen LogP contribution is 2.28. The van der Waals surface area contributed by atoms with Gasteiger partial charge in [-0.1, -0.05) is 19.8 Å². The van der Waals surface area contributed by atoms with Crippen molar-refractivity contribution in [2.75, 3.05) is 12.0 Å². The number of hydrogen-bond acceptors (Lipinski definition) is 3. The topological polar surface area (TPSA) is 47.3 Å². The quantitative estimate of drug-likeness (QED) is 0.576. The molecule has 0 aromatic heterocycles. The van der Waals surface area contributed by atoms with Gasteiger partial charge in [0.05, 0.1) is 12.8 Å². The fraction of sp³-hybridized carbons (Fsp3) is 0.455. The van der Waals surface area contributed by atoms with Crippen LogP contribution in [0.1, 0.15) is 25.0 Å². The molecule has 0 unspecified atom stereocenters. The maximum Gasteiger partial charge on any atom is 0.324 e. The molecule has 0 fully saturated rings. The van der Waals surface area contributed by atoms with Crippen LogP contribution in [0, 0.1) is 0 Å². The minimum absolute atomic E-state index is 0.199. The van der Waals surface area contributed by atoms with E-state index in [9.17, 15) is 0 Å². The van der Waals surface area contributed by atoms with E-state index in [2.05, 4.69) is 37.3 Å². The number of benzene rings is 1. The number of nitrogens with two attached hydrogens (primary N) is 1. The highest BCUT2D eigenvalue weighted by molar-refractivity contribution is 6.67. The standard InChI is InChI=1S/C11H17BN2O/c1-3-11-9-5-4-8(14-7-13)6-10(9)12(2)15-11/h4-6,11,14H,3,7,13H2,1-2H3/t11-/m0/s1. The van der Waals surface area contributed by atoms with Gasteiger partial charge in [0, 0.05) is 5.69 Å². The summed E-state index contributed by atoms with van der Waals surface area (Å²) in [6, 6.07) is 6.35. The van der Waals surface area contributed by atoms with Crippen LogP contribution in [-0.4, -0.2) is 13.6 Å². The predicted octanol–water partition coefficient (Wildman–Crippen LogP) is 1.32. The molecule has 15 heavy (non-hydrogen) atoms. The molecule has 3 nitrogen and oxygen atoms in total. The minimum Gasteiger partial charge on any atom is -0.424 e. The van der Waals surface area contributed by atoms with Crippen LogP contribution in [0.3, 0.4) is 0 Å². The average Bonchev–Trinajstić information content (AvgIpc) is 2.56. The SMILES string of the molecule is CC[C@@H]1OB(C)c2cc(NCN)ccc21. The summed E-state index contributed by atoms with van der Waals surface area (Å²) in [6.45, 7) is 4.91. The van der Waals surface area contributed by atoms with E-state index in [4.69, 9.17) is 10.4 Å². The van der Waals surface area contributed by atoms with E-state index in [0.717, 1.165) is 12.1 Å². The fourth-order valence-electron chi connectivity index (χ4n) is 2.16. The van der Waals surface area contributed by atoms with E-state index >= 15 is 0 Å². The Bertz CT molecular complexity index is 356. The molecule has 80 valence electrons. The van der Waals surface area contributed by atoms with Gasteiger partial charge in [-0.15, -0.1) is 0 Å². The van der Waals surface area contributed by atoms with Gasteiger partial charge in [0.25, 0.3) is 0 Å². The third-order valence-corrected chi connectivity index (χ3v) is 2.92. The molecule has 3 N–H and O–H groups in total. The summed E-state index contributed by atoms with van der Waals surface area (Å²) in [6.07, 6.45) is 1.29. The minimum atomic E-state index is 0.199. The van der Waals surface area contributed by atoms with Gasteiger partial charge in [0.2, 0.25) is 0 Å². The Balaban J connectivity index is 2.32. The first kappa shape index (κ1) is 10.5. The maximum atomic E-state index is 5.85. The second kappa shape index (κ2) is 4.25. The fourth-order valence-corrected chi connectivity index (χ4v) is 2.16. The molecule has 0 bridgehead atoms. The van der Waals surface area contributed by atoms with Crippen LogP contribution >= 0.6 is 0 Å². The summed E-state index contributed by atoms with van der Waals surface area (Å²) in [5.74, 6) is 0. The van der Waals surface area contributed by atoms with E-state index < -0.39 is 0 Å². The number of nitrogens with one attached hydrogen (secondary N) is 1. The summed E-state index contributed by atoms with van der Waals surface area (Å²) < 4.78 is 5.85. The van der Waals surface area contributed by atoms with Crippen molar-refractivity contribution in [1.82, 2.24) is 0 Å². The molecule has 1 atom stereocenters. The molecule has 0 spiro atoms. The number of anilines is 1. The lowest BCUT2D eigenvalue weighted by molar-refractivity contribution is 0.221. The van der Waals surface area contributed by atoms with Crippen molar-refractivity contribution >= 4 is 18.1 Å². The zero-order chi connectivity index (χ0) is 10.8. The van der Waals surface area contributed by atoms with Crippen molar-refractivity contribution in [2.45, 2.75) is 26.3 Å². The van der Waals surface area contributed by atoms with E-state index in [0.29, 0.717) is 6.67 Å². The van der Waals surface area contributed by atoms with Gasteiger partial charge in [0.15, 0.2) is 0 Å². The third-order valence-electron chi connectivity index (χ3n) is 2.92. The highest BCUT2D eigenvalue weighted by Gasteiger charge is 2.30. The van der Waals surface area contributed by atoms with Crippen molar-refractivity contribution in [3.05, 3.63) is 23.8 Å². The molecule has 0 radical (unpaired) electrons. The molecule has 1 heterocycles. The molecule has 0 amide bonds. The number of rotatable bonds is 3. The molecule has 0 saturated heterocycles. The Labute approximate surface area is 91.1 Å². The highest BCUT2D eigenvalue weighted by atomic mass is 16.5. The molecule has 2 rings (SSSR count). The van der Waals surface area contributed by atoms with E-state index in [-0.39, 0.29) is 13.0 Å². The Kier molecular flexibility index (Phi) is 2.98. The Morgan fingerprint density at radius 2 is 2.33 bits per heavy atom. The lowest BCUT2D eigenvalue weighted by Gasteiger charge is -2.09. The molecule has 4 heteroatoms. The second-order valence-corrected chi connectivity index (χ2v) is 3.90. The molecular formula is C11H17BN2O. The van der Waals surface area contributed by atoms with Crippen molar-refractivity contribution in [3.8, 4) is 0 Å². The Morgan fingerprint density at radius 1 is 1.53 bits per heavy atom.